The SMILES string of the molecule is O=C(O)N1CC[C@H](N2CCOCC2)[C@H]1CO. The van der Waals surface area contributed by atoms with Crippen molar-refractivity contribution >= 4 is 6.09 Å². The predicted octanol–water partition coefficient (Wildman–Crippen LogP) is -0.568. The summed E-state index contributed by atoms with van der Waals surface area (Å²) in [6.45, 7) is 3.46. The molecule has 0 bridgehead atoms. The maximum absolute atomic E-state index is 11.0. The largest absolute Gasteiger partial charge is 0.465 e. The molecule has 2 aliphatic heterocycles. The summed E-state index contributed by atoms with van der Waals surface area (Å²) in [6, 6.07) is -0.138. The lowest BCUT2D eigenvalue weighted by Crippen LogP contribution is -2.51. The molecule has 92 valence electrons. The number of likely N-dealkylation sites (tertiary alicyclic amines) is 1. The molecule has 2 atom stereocenters. The van der Waals surface area contributed by atoms with Gasteiger partial charge in [0.2, 0.25) is 0 Å². The molecular weight excluding hydrogens is 212 g/mol. The highest BCUT2D eigenvalue weighted by molar-refractivity contribution is 5.66. The number of rotatable bonds is 2. The van der Waals surface area contributed by atoms with E-state index in [1.165, 1.54) is 4.90 Å². The van der Waals surface area contributed by atoms with Crippen LogP contribution >= 0.6 is 0 Å². The van der Waals surface area contributed by atoms with Crippen molar-refractivity contribution in [2.75, 3.05) is 39.5 Å². The molecule has 0 aromatic rings. The molecule has 0 aliphatic carbocycles. The Morgan fingerprint density at radius 2 is 2.00 bits per heavy atom. The molecule has 2 heterocycles. The first-order valence-electron chi connectivity index (χ1n) is 5.66. The van der Waals surface area contributed by atoms with E-state index >= 15 is 0 Å². The zero-order valence-electron chi connectivity index (χ0n) is 9.21. The van der Waals surface area contributed by atoms with Crippen LogP contribution in [0.5, 0.6) is 0 Å². The minimum atomic E-state index is -0.935. The number of morpholine rings is 1. The molecular formula is C10H18N2O4. The molecule has 0 saturated carbocycles. The van der Waals surface area contributed by atoms with Crippen LogP contribution < -0.4 is 0 Å². The standard InChI is InChI=1S/C10H18N2O4/c13-7-9-8(1-2-12(9)10(14)15)11-3-5-16-6-4-11/h8-9,13H,1-7H2,(H,14,15)/t8-,9+/m0/s1. The molecule has 0 spiro atoms. The Labute approximate surface area is 94.4 Å². The lowest BCUT2D eigenvalue weighted by molar-refractivity contribution is 0.00212. The summed E-state index contributed by atoms with van der Waals surface area (Å²) < 4.78 is 5.27. The number of nitrogens with zero attached hydrogens (tertiary/aromatic N) is 2. The monoisotopic (exact) mass is 230 g/mol. The summed E-state index contributed by atoms with van der Waals surface area (Å²) >= 11 is 0. The molecule has 0 radical (unpaired) electrons. The Bertz CT molecular complexity index is 255. The van der Waals surface area contributed by atoms with Crippen molar-refractivity contribution in [3.8, 4) is 0 Å². The van der Waals surface area contributed by atoms with E-state index in [2.05, 4.69) is 4.90 Å². The van der Waals surface area contributed by atoms with Crippen LogP contribution in [0.3, 0.4) is 0 Å². The van der Waals surface area contributed by atoms with Gasteiger partial charge in [-0.3, -0.25) is 4.90 Å². The number of hydrogen-bond donors (Lipinski definition) is 2. The van der Waals surface area contributed by atoms with Gasteiger partial charge in [-0.1, -0.05) is 0 Å². The quantitative estimate of drug-likeness (QED) is 0.664. The number of ether oxygens (including phenoxy) is 1. The van der Waals surface area contributed by atoms with E-state index in [0.29, 0.717) is 19.8 Å². The Balaban J connectivity index is 2.01. The number of hydrogen-bond acceptors (Lipinski definition) is 4. The van der Waals surface area contributed by atoms with Gasteiger partial charge >= 0.3 is 6.09 Å². The summed E-state index contributed by atoms with van der Waals surface area (Å²) in [7, 11) is 0. The number of carbonyl (C=O) groups is 1. The Morgan fingerprint density at radius 3 is 2.56 bits per heavy atom. The van der Waals surface area contributed by atoms with E-state index in [4.69, 9.17) is 9.84 Å². The molecule has 2 aliphatic rings. The summed E-state index contributed by atoms with van der Waals surface area (Å²) in [6.07, 6.45) is -0.132. The fourth-order valence-corrected chi connectivity index (χ4v) is 2.63. The van der Waals surface area contributed by atoms with E-state index < -0.39 is 6.09 Å². The second-order valence-corrected chi connectivity index (χ2v) is 4.23. The van der Waals surface area contributed by atoms with Gasteiger partial charge in [-0.05, 0) is 6.42 Å². The third-order valence-electron chi connectivity index (χ3n) is 3.46. The van der Waals surface area contributed by atoms with Crippen LogP contribution in [0.15, 0.2) is 0 Å². The van der Waals surface area contributed by atoms with Crippen molar-refractivity contribution < 1.29 is 19.7 Å². The highest BCUT2D eigenvalue weighted by Crippen LogP contribution is 2.23. The summed E-state index contributed by atoms with van der Waals surface area (Å²) in [4.78, 5) is 14.5. The second-order valence-electron chi connectivity index (χ2n) is 4.23. The maximum Gasteiger partial charge on any atom is 0.407 e. The van der Waals surface area contributed by atoms with Crippen molar-refractivity contribution in [1.82, 2.24) is 9.80 Å². The van der Waals surface area contributed by atoms with E-state index in [9.17, 15) is 9.90 Å². The lowest BCUT2D eigenvalue weighted by Gasteiger charge is -2.35. The first kappa shape index (κ1) is 11.6. The Hall–Kier alpha value is -0.850. The van der Waals surface area contributed by atoms with Gasteiger partial charge in [-0.2, -0.15) is 0 Å². The van der Waals surface area contributed by atoms with Crippen LogP contribution in [0.4, 0.5) is 4.79 Å². The van der Waals surface area contributed by atoms with Crippen molar-refractivity contribution in [2.24, 2.45) is 0 Å². The first-order chi connectivity index (χ1) is 7.74. The summed E-state index contributed by atoms with van der Waals surface area (Å²) in [5.41, 5.74) is 0. The fraction of sp³-hybridized carbons (Fsp3) is 0.900. The molecule has 2 N–H and O–H groups in total. The fourth-order valence-electron chi connectivity index (χ4n) is 2.63. The van der Waals surface area contributed by atoms with Crippen LogP contribution in [0.1, 0.15) is 6.42 Å². The van der Waals surface area contributed by atoms with Gasteiger partial charge in [0.05, 0.1) is 25.9 Å². The third-order valence-corrected chi connectivity index (χ3v) is 3.46. The zero-order chi connectivity index (χ0) is 11.5. The third kappa shape index (κ3) is 2.14. The second kappa shape index (κ2) is 4.99. The lowest BCUT2D eigenvalue weighted by atomic mass is 10.1. The van der Waals surface area contributed by atoms with Crippen LogP contribution in [0.25, 0.3) is 0 Å². The van der Waals surface area contributed by atoms with E-state index in [1.807, 2.05) is 0 Å². The van der Waals surface area contributed by atoms with Crippen molar-refractivity contribution in [3.63, 3.8) is 0 Å². The zero-order valence-corrected chi connectivity index (χ0v) is 9.21. The van der Waals surface area contributed by atoms with Crippen LogP contribution in [0.2, 0.25) is 0 Å². The maximum atomic E-state index is 11.0. The normalized spacial score (nSPS) is 31.9. The highest BCUT2D eigenvalue weighted by Gasteiger charge is 2.40. The van der Waals surface area contributed by atoms with Crippen molar-refractivity contribution in [3.05, 3.63) is 0 Å². The van der Waals surface area contributed by atoms with Crippen LogP contribution in [-0.2, 0) is 4.74 Å². The minimum Gasteiger partial charge on any atom is -0.465 e. The molecule has 0 aromatic heterocycles. The summed E-state index contributed by atoms with van der Waals surface area (Å²) in [5.74, 6) is 0. The van der Waals surface area contributed by atoms with Crippen LogP contribution in [0, 0.1) is 0 Å². The van der Waals surface area contributed by atoms with Crippen molar-refractivity contribution in [2.45, 2.75) is 18.5 Å². The first-order valence-corrected chi connectivity index (χ1v) is 5.66. The Kier molecular flexibility index (Phi) is 3.63. The van der Waals surface area contributed by atoms with Gasteiger partial charge in [-0.15, -0.1) is 0 Å². The number of carboxylic acid groups (broad SMARTS) is 1. The molecule has 16 heavy (non-hydrogen) atoms. The highest BCUT2D eigenvalue weighted by atomic mass is 16.5. The smallest absolute Gasteiger partial charge is 0.407 e. The molecule has 1 amide bonds. The van der Waals surface area contributed by atoms with E-state index in [-0.39, 0.29) is 18.7 Å². The van der Waals surface area contributed by atoms with Crippen LogP contribution in [-0.4, -0.2) is 77.6 Å². The number of aliphatic hydroxyl groups excluding tert-OH is 1. The molecule has 2 rings (SSSR count). The van der Waals surface area contributed by atoms with Gasteiger partial charge in [0.25, 0.3) is 0 Å². The van der Waals surface area contributed by atoms with Gasteiger partial charge in [0.15, 0.2) is 0 Å². The molecule has 0 unspecified atom stereocenters. The van der Waals surface area contributed by atoms with Gasteiger partial charge in [-0.25, -0.2) is 4.79 Å². The average Bonchev–Trinajstić information content (AvgIpc) is 2.73. The molecule has 0 aromatic carbocycles. The van der Waals surface area contributed by atoms with Crippen molar-refractivity contribution in [1.29, 1.82) is 0 Å². The molecule has 2 fully saturated rings. The van der Waals surface area contributed by atoms with E-state index in [1.54, 1.807) is 0 Å². The van der Waals surface area contributed by atoms with Gasteiger partial charge in [0.1, 0.15) is 0 Å². The topological polar surface area (TPSA) is 73.2 Å². The number of aliphatic hydroxyl groups is 1. The van der Waals surface area contributed by atoms with Gasteiger partial charge in [0, 0.05) is 25.7 Å². The summed E-state index contributed by atoms with van der Waals surface area (Å²) in [5, 5.41) is 18.3. The molecule has 6 heteroatoms. The molecule has 2 saturated heterocycles. The van der Waals surface area contributed by atoms with E-state index in [0.717, 1.165) is 19.5 Å². The van der Waals surface area contributed by atoms with Gasteiger partial charge < -0.3 is 19.8 Å². The predicted molar refractivity (Wildman–Crippen MR) is 56.4 cm³/mol. The minimum absolute atomic E-state index is 0.103. The molecule has 6 nitrogen and oxygen atoms in total. The Morgan fingerprint density at radius 1 is 1.31 bits per heavy atom. The number of amides is 1. The average molecular weight is 230 g/mol.